The van der Waals surface area contributed by atoms with Crippen LogP contribution in [-0.2, 0) is 6.61 Å². The smallest absolute Gasteiger partial charge is 0.165 e. The van der Waals surface area contributed by atoms with Crippen LogP contribution in [0.4, 0.5) is 4.39 Å². The summed E-state index contributed by atoms with van der Waals surface area (Å²) in [5.74, 6) is -0.194. The standard InChI is InChI=1S/C14H9BrFNO/c15-12-5-6-13(16)14(7-12)18-9-11-3-1-10(8-17)2-4-11/h1-7H,9H2. The van der Waals surface area contributed by atoms with Gasteiger partial charge in [0.25, 0.3) is 0 Å². The molecular weight excluding hydrogens is 297 g/mol. The van der Waals surface area contributed by atoms with E-state index in [4.69, 9.17) is 10.00 Å². The highest BCUT2D eigenvalue weighted by atomic mass is 79.9. The van der Waals surface area contributed by atoms with Crippen LogP contribution in [0.15, 0.2) is 46.9 Å². The Labute approximate surface area is 113 Å². The van der Waals surface area contributed by atoms with Crippen molar-refractivity contribution in [2.45, 2.75) is 6.61 Å². The van der Waals surface area contributed by atoms with E-state index < -0.39 is 5.82 Å². The molecule has 0 aliphatic heterocycles. The van der Waals surface area contributed by atoms with E-state index in [1.807, 2.05) is 6.07 Å². The summed E-state index contributed by atoms with van der Waals surface area (Å²) < 4.78 is 19.6. The molecule has 2 aromatic rings. The van der Waals surface area contributed by atoms with Crippen molar-refractivity contribution in [1.29, 1.82) is 5.26 Å². The molecule has 4 heteroatoms. The Morgan fingerprint density at radius 1 is 1.17 bits per heavy atom. The minimum absolute atomic E-state index is 0.203. The summed E-state index contributed by atoms with van der Waals surface area (Å²) in [7, 11) is 0. The Morgan fingerprint density at radius 3 is 2.56 bits per heavy atom. The molecule has 0 aliphatic carbocycles. The van der Waals surface area contributed by atoms with Gasteiger partial charge in [-0.1, -0.05) is 28.1 Å². The number of nitrogens with zero attached hydrogens (tertiary/aromatic N) is 1. The number of hydrogen-bond donors (Lipinski definition) is 0. The number of benzene rings is 2. The van der Waals surface area contributed by atoms with Gasteiger partial charge < -0.3 is 4.74 Å². The van der Waals surface area contributed by atoms with Gasteiger partial charge in [-0.05, 0) is 35.9 Å². The summed E-state index contributed by atoms with van der Waals surface area (Å²) in [5.41, 5.74) is 1.47. The van der Waals surface area contributed by atoms with Gasteiger partial charge in [-0.25, -0.2) is 4.39 Å². The van der Waals surface area contributed by atoms with Crippen LogP contribution in [0, 0.1) is 17.1 Å². The number of nitriles is 1. The van der Waals surface area contributed by atoms with E-state index in [9.17, 15) is 4.39 Å². The van der Waals surface area contributed by atoms with Gasteiger partial charge in [-0.15, -0.1) is 0 Å². The largest absolute Gasteiger partial charge is 0.486 e. The lowest BCUT2D eigenvalue weighted by Gasteiger charge is -2.07. The average molecular weight is 306 g/mol. The highest BCUT2D eigenvalue weighted by molar-refractivity contribution is 9.10. The van der Waals surface area contributed by atoms with Crippen LogP contribution in [-0.4, -0.2) is 0 Å². The van der Waals surface area contributed by atoms with Gasteiger partial charge in [0.2, 0.25) is 0 Å². The fraction of sp³-hybridized carbons (Fsp3) is 0.0714. The highest BCUT2D eigenvalue weighted by Gasteiger charge is 2.04. The molecule has 0 unspecified atom stereocenters. The molecule has 0 bridgehead atoms. The molecule has 0 saturated carbocycles. The van der Waals surface area contributed by atoms with E-state index in [1.165, 1.54) is 6.07 Å². The van der Waals surface area contributed by atoms with E-state index in [2.05, 4.69) is 15.9 Å². The van der Waals surface area contributed by atoms with Crippen molar-refractivity contribution in [2.24, 2.45) is 0 Å². The van der Waals surface area contributed by atoms with Gasteiger partial charge in [0, 0.05) is 4.47 Å². The molecule has 0 aromatic heterocycles. The summed E-state index contributed by atoms with van der Waals surface area (Å²) >= 11 is 3.26. The predicted molar refractivity (Wildman–Crippen MR) is 69.6 cm³/mol. The van der Waals surface area contributed by atoms with Crippen molar-refractivity contribution in [3.63, 3.8) is 0 Å². The maximum atomic E-state index is 13.4. The molecule has 0 N–H and O–H groups in total. The third-order valence-corrected chi connectivity index (χ3v) is 2.86. The molecule has 0 spiro atoms. The molecule has 0 fully saturated rings. The lowest BCUT2D eigenvalue weighted by Crippen LogP contribution is -1.97. The fourth-order valence-corrected chi connectivity index (χ4v) is 1.76. The number of ether oxygens (including phenoxy) is 1. The van der Waals surface area contributed by atoms with Crippen LogP contribution in [0.3, 0.4) is 0 Å². The first kappa shape index (κ1) is 12.6. The summed E-state index contributed by atoms with van der Waals surface area (Å²) in [4.78, 5) is 0. The van der Waals surface area contributed by atoms with Gasteiger partial charge in [0.15, 0.2) is 11.6 Å². The van der Waals surface area contributed by atoms with Crippen molar-refractivity contribution < 1.29 is 9.13 Å². The third-order valence-electron chi connectivity index (χ3n) is 2.37. The summed E-state index contributed by atoms with van der Waals surface area (Å²) in [6.45, 7) is 0.263. The van der Waals surface area contributed by atoms with Crippen LogP contribution >= 0.6 is 15.9 Å². The minimum atomic E-state index is -0.396. The molecule has 0 heterocycles. The predicted octanol–water partition coefficient (Wildman–Crippen LogP) is 4.04. The lowest BCUT2D eigenvalue weighted by molar-refractivity contribution is 0.290. The molecule has 2 rings (SSSR count). The van der Waals surface area contributed by atoms with E-state index in [0.717, 1.165) is 10.0 Å². The van der Waals surface area contributed by atoms with Gasteiger partial charge in [0.1, 0.15) is 6.61 Å². The lowest BCUT2D eigenvalue weighted by atomic mass is 10.2. The molecule has 90 valence electrons. The zero-order chi connectivity index (χ0) is 13.0. The summed E-state index contributed by atoms with van der Waals surface area (Å²) in [6, 6.07) is 13.6. The normalized spacial score (nSPS) is 9.83. The first-order valence-corrected chi connectivity index (χ1v) is 6.05. The summed E-state index contributed by atoms with van der Waals surface area (Å²) in [6.07, 6.45) is 0. The molecule has 0 radical (unpaired) electrons. The maximum Gasteiger partial charge on any atom is 0.165 e. The van der Waals surface area contributed by atoms with E-state index in [-0.39, 0.29) is 12.4 Å². The monoisotopic (exact) mass is 305 g/mol. The average Bonchev–Trinajstić information content (AvgIpc) is 2.40. The zero-order valence-corrected chi connectivity index (χ0v) is 10.9. The van der Waals surface area contributed by atoms with Crippen molar-refractivity contribution in [3.05, 3.63) is 63.9 Å². The van der Waals surface area contributed by atoms with Gasteiger partial charge in [-0.2, -0.15) is 5.26 Å². The van der Waals surface area contributed by atoms with E-state index in [1.54, 1.807) is 36.4 Å². The SMILES string of the molecule is N#Cc1ccc(COc2cc(Br)ccc2F)cc1. The Bertz CT molecular complexity index is 590. The third kappa shape index (κ3) is 3.08. The molecule has 2 aromatic carbocycles. The Kier molecular flexibility index (Phi) is 3.96. The second kappa shape index (κ2) is 5.65. The van der Waals surface area contributed by atoms with Crippen molar-refractivity contribution >= 4 is 15.9 Å². The molecule has 0 aliphatic rings. The molecule has 18 heavy (non-hydrogen) atoms. The quantitative estimate of drug-likeness (QED) is 0.857. The van der Waals surface area contributed by atoms with E-state index >= 15 is 0 Å². The van der Waals surface area contributed by atoms with Gasteiger partial charge in [0.05, 0.1) is 11.6 Å². The Balaban J connectivity index is 2.07. The van der Waals surface area contributed by atoms with E-state index in [0.29, 0.717) is 5.56 Å². The molecule has 2 nitrogen and oxygen atoms in total. The van der Waals surface area contributed by atoms with Crippen LogP contribution in [0.5, 0.6) is 5.75 Å². The van der Waals surface area contributed by atoms with Crippen LogP contribution < -0.4 is 4.74 Å². The number of rotatable bonds is 3. The van der Waals surface area contributed by atoms with Gasteiger partial charge in [-0.3, -0.25) is 0 Å². The first-order chi connectivity index (χ1) is 8.69. The van der Waals surface area contributed by atoms with Crippen LogP contribution in [0.25, 0.3) is 0 Å². The molecular formula is C14H9BrFNO. The zero-order valence-electron chi connectivity index (χ0n) is 9.36. The summed E-state index contributed by atoms with van der Waals surface area (Å²) in [5, 5.41) is 8.67. The van der Waals surface area contributed by atoms with Crippen molar-refractivity contribution in [3.8, 4) is 11.8 Å². The maximum absolute atomic E-state index is 13.4. The van der Waals surface area contributed by atoms with Crippen molar-refractivity contribution in [2.75, 3.05) is 0 Å². The fourth-order valence-electron chi connectivity index (χ4n) is 1.42. The highest BCUT2D eigenvalue weighted by Crippen LogP contribution is 2.23. The van der Waals surface area contributed by atoms with Crippen LogP contribution in [0.1, 0.15) is 11.1 Å². The molecule has 0 saturated heterocycles. The second-order valence-electron chi connectivity index (χ2n) is 3.67. The topological polar surface area (TPSA) is 33.0 Å². The second-order valence-corrected chi connectivity index (χ2v) is 4.59. The Hall–Kier alpha value is -1.86. The number of halogens is 2. The van der Waals surface area contributed by atoms with Gasteiger partial charge >= 0.3 is 0 Å². The van der Waals surface area contributed by atoms with Crippen molar-refractivity contribution in [1.82, 2.24) is 0 Å². The first-order valence-electron chi connectivity index (χ1n) is 5.26. The molecule has 0 amide bonds. The number of hydrogen-bond acceptors (Lipinski definition) is 2. The Morgan fingerprint density at radius 2 is 1.89 bits per heavy atom. The molecule has 0 atom stereocenters. The van der Waals surface area contributed by atoms with Crippen LogP contribution in [0.2, 0.25) is 0 Å². The minimum Gasteiger partial charge on any atom is -0.486 e.